The molecule has 0 bridgehead atoms. The van der Waals surface area contributed by atoms with Gasteiger partial charge in [-0.2, -0.15) is 0 Å². The van der Waals surface area contributed by atoms with Crippen molar-refractivity contribution in [2.24, 2.45) is 0 Å². The lowest BCUT2D eigenvalue weighted by Gasteiger charge is -2.39. The lowest BCUT2D eigenvalue weighted by atomic mass is 9.96. The molecular formula is C40H42Cl3N3O7. The number of hydrogen-bond donors (Lipinski definition) is 2. The molecule has 2 heterocycles. The number of methoxy groups -OCH3 is 1. The topological polar surface area (TPSA) is 122 Å². The van der Waals surface area contributed by atoms with E-state index in [1.165, 1.54) is 15.7 Å². The van der Waals surface area contributed by atoms with Gasteiger partial charge in [0.25, 0.3) is 5.91 Å². The van der Waals surface area contributed by atoms with Crippen molar-refractivity contribution in [3.63, 3.8) is 0 Å². The van der Waals surface area contributed by atoms with Crippen molar-refractivity contribution in [2.75, 3.05) is 53.0 Å². The molecule has 0 radical (unpaired) electrons. The molecule has 280 valence electrons. The van der Waals surface area contributed by atoms with Gasteiger partial charge in [-0.05, 0) is 78.2 Å². The summed E-state index contributed by atoms with van der Waals surface area (Å²) < 4.78 is 11.9. The van der Waals surface area contributed by atoms with Crippen LogP contribution in [-0.2, 0) is 20.7 Å². The first-order chi connectivity index (χ1) is 25.0. The Morgan fingerprint density at radius 1 is 0.792 bits per heavy atom. The molecule has 4 aromatic carbocycles. The average molecular weight is 783 g/mol. The third-order valence-electron chi connectivity index (χ3n) is 9.01. The van der Waals surface area contributed by atoms with Crippen molar-refractivity contribution in [2.45, 2.75) is 19.4 Å². The lowest BCUT2D eigenvalue weighted by molar-refractivity contribution is -0.142. The number of carbonyl (C=O) groups is 3. The van der Waals surface area contributed by atoms with E-state index in [9.17, 15) is 19.5 Å². The Kier molecular flexibility index (Phi) is 15.3. The van der Waals surface area contributed by atoms with Gasteiger partial charge in [-0.25, -0.2) is 4.79 Å². The predicted octanol–water partition coefficient (Wildman–Crippen LogP) is 7.50. The van der Waals surface area contributed by atoms with Crippen LogP contribution in [0.5, 0.6) is 5.75 Å². The number of hydrogen-bond acceptors (Lipinski definition) is 7. The molecule has 1 saturated heterocycles. The van der Waals surface area contributed by atoms with E-state index in [-0.39, 0.29) is 37.4 Å². The SMILES string of the molecule is COc1ccc2c(c1)c(CC(=O)O)c(C)n2C(=O)c1ccc(Cl)cc1.Cl.O=C(O)COCCN1CCN(C(c2ccccc2)c2ccc(Cl)cc2)CC1. The molecule has 5 aromatic rings. The summed E-state index contributed by atoms with van der Waals surface area (Å²) in [6, 6.07) is 30.7. The molecule has 1 aliphatic rings. The molecule has 0 aliphatic carbocycles. The predicted molar refractivity (Wildman–Crippen MR) is 209 cm³/mol. The zero-order chi connectivity index (χ0) is 37.2. The zero-order valence-corrected chi connectivity index (χ0v) is 31.7. The van der Waals surface area contributed by atoms with E-state index in [2.05, 4.69) is 46.2 Å². The normalized spacial score (nSPS) is 13.7. The van der Waals surface area contributed by atoms with Crippen molar-refractivity contribution in [3.05, 3.63) is 135 Å². The maximum Gasteiger partial charge on any atom is 0.329 e. The first-order valence-corrected chi connectivity index (χ1v) is 17.6. The van der Waals surface area contributed by atoms with Crippen LogP contribution in [0.4, 0.5) is 0 Å². The molecule has 1 aliphatic heterocycles. The molecule has 2 N–H and O–H groups in total. The summed E-state index contributed by atoms with van der Waals surface area (Å²) in [7, 11) is 1.54. The Morgan fingerprint density at radius 3 is 1.98 bits per heavy atom. The molecule has 0 spiro atoms. The number of ether oxygens (including phenoxy) is 2. The van der Waals surface area contributed by atoms with Gasteiger partial charge >= 0.3 is 11.9 Å². The van der Waals surface area contributed by atoms with Gasteiger partial charge in [0.2, 0.25) is 0 Å². The smallest absolute Gasteiger partial charge is 0.329 e. The Balaban J connectivity index is 0.000000233. The average Bonchev–Trinajstić information content (AvgIpc) is 3.41. The summed E-state index contributed by atoms with van der Waals surface area (Å²) >= 11 is 12.0. The summed E-state index contributed by atoms with van der Waals surface area (Å²) in [4.78, 5) is 39.6. The second kappa shape index (κ2) is 19.6. The van der Waals surface area contributed by atoms with Crippen LogP contribution in [0.1, 0.15) is 38.8 Å². The molecule has 0 saturated carbocycles. The van der Waals surface area contributed by atoms with Gasteiger partial charge in [0, 0.05) is 59.4 Å². The number of carboxylic acid groups (broad SMARTS) is 2. The third kappa shape index (κ3) is 10.8. The minimum Gasteiger partial charge on any atom is -0.497 e. The maximum absolute atomic E-state index is 13.0. The van der Waals surface area contributed by atoms with Crippen LogP contribution in [-0.4, -0.2) is 95.5 Å². The summed E-state index contributed by atoms with van der Waals surface area (Å²) in [6.07, 6.45) is -0.170. The third-order valence-corrected chi connectivity index (χ3v) is 9.52. The van der Waals surface area contributed by atoms with E-state index in [1.807, 2.05) is 18.2 Å². The minimum atomic E-state index is -0.955. The molecule has 0 amide bonds. The van der Waals surface area contributed by atoms with E-state index >= 15 is 0 Å². The van der Waals surface area contributed by atoms with E-state index in [0.717, 1.165) is 37.7 Å². The number of carboxylic acids is 2. The van der Waals surface area contributed by atoms with Crippen molar-refractivity contribution in [1.82, 2.24) is 14.4 Å². The van der Waals surface area contributed by atoms with E-state index in [4.69, 9.17) is 37.8 Å². The molecule has 1 aromatic heterocycles. The monoisotopic (exact) mass is 781 g/mol. The van der Waals surface area contributed by atoms with E-state index in [0.29, 0.717) is 45.1 Å². The molecular weight excluding hydrogens is 741 g/mol. The number of fused-ring (bicyclic) bond motifs is 1. The van der Waals surface area contributed by atoms with Gasteiger partial charge < -0.3 is 19.7 Å². The second-order valence-corrected chi connectivity index (χ2v) is 13.2. The Labute approximate surface area is 324 Å². The van der Waals surface area contributed by atoms with Crippen LogP contribution in [0.2, 0.25) is 10.0 Å². The molecule has 1 fully saturated rings. The number of benzene rings is 4. The summed E-state index contributed by atoms with van der Waals surface area (Å²) in [5, 5.41) is 19.8. The fourth-order valence-corrected chi connectivity index (χ4v) is 6.69. The van der Waals surface area contributed by atoms with Gasteiger partial charge in [0.15, 0.2) is 0 Å². The standard InChI is InChI=1S/C21H25ClN2O3.C19H16ClNO4.ClH/c22-19-8-6-18(7-9-19)21(17-4-2-1-3-5-17)24-12-10-23(11-13-24)14-15-27-16-20(25)26;1-11-15(10-18(22)23)16-9-14(25-2)7-8-17(16)21(11)19(24)12-3-5-13(20)6-4-12;/h1-9,21H,10-16H2,(H,25,26);3-9H,10H2,1-2H3,(H,22,23);1H. The molecule has 1 atom stereocenters. The summed E-state index contributed by atoms with van der Waals surface area (Å²) in [6.45, 7) is 6.50. The molecule has 13 heteroatoms. The van der Waals surface area contributed by atoms with Crippen LogP contribution in [0.3, 0.4) is 0 Å². The summed E-state index contributed by atoms with van der Waals surface area (Å²) in [5.41, 5.74) is 4.84. The highest BCUT2D eigenvalue weighted by atomic mass is 35.5. The number of carbonyl (C=O) groups excluding carboxylic acids is 1. The Hall–Kier alpha value is -4.42. The number of aliphatic carboxylic acids is 2. The van der Waals surface area contributed by atoms with Crippen LogP contribution in [0.25, 0.3) is 10.9 Å². The number of halogens is 3. The van der Waals surface area contributed by atoms with Crippen LogP contribution in [0.15, 0.2) is 97.1 Å². The fraction of sp³-hybridized carbons (Fsp3) is 0.275. The fourth-order valence-electron chi connectivity index (χ4n) is 6.44. The van der Waals surface area contributed by atoms with Crippen molar-refractivity contribution in [3.8, 4) is 5.75 Å². The highest BCUT2D eigenvalue weighted by Crippen LogP contribution is 2.32. The number of piperazine rings is 1. The van der Waals surface area contributed by atoms with Crippen LogP contribution in [0, 0.1) is 6.92 Å². The van der Waals surface area contributed by atoms with Crippen LogP contribution < -0.4 is 4.74 Å². The van der Waals surface area contributed by atoms with Gasteiger partial charge in [-0.1, -0.05) is 65.7 Å². The quantitative estimate of drug-likeness (QED) is 0.124. The van der Waals surface area contributed by atoms with Crippen molar-refractivity contribution < 1.29 is 34.1 Å². The van der Waals surface area contributed by atoms with Crippen molar-refractivity contribution in [1.29, 1.82) is 0 Å². The molecule has 1 unspecified atom stereocenters. The highest BCUT2D eigenvalue weighted by molar-refractivity contribution is 6.31. The van der Waals surface area contributed by atoms with E-state index < -0.39 is 11.9 Å². The summed E-state index contributed by atoms with van der Waals surface area (Å²) in [5.74, 6) is -1.51. The van der Waals surface area contributed by atoms with E-state index in [1.54, 1.807) is 56.5 Å². The van der Waals surface area contributed by atoms with Gasteiger partial charge in [-0.15, -0.1) is 12.4 Å². The largest absolute Gasteiger partial charge is 0.497 e. The molecule has 10 nitrogen and oxygen atoms in total. The van der Waals surface area contributed by atoms with Gasteiger partial charge in [0.1, 0.15) is 12.4 Å². The first-order valence-electron chi connectivity index (χ1n) is 16.8. The van der Waals surface area contributed by atoms with Crippen molar-refractivity contribution >= 4 is 64.4 Å². The second-order valence-electron chi connectivity index (χ2n) is 12.4. The zero-order valence-electron chi connectivity index (χ0n) is 29.4. The maximum atomic E-state index is 13.0. The molecule has 6 rings (SSSR count). The van der Waals surface area contributed by atoms with Crippen LogP contribution >= 0.6 is 35.6 Å². The molecule has 53 heavy (non-hydrogen) atoms. The van der Waals surface area contributed by atoms with Gasteiger partial charge in [0.05, 0.1) is 31.7 Å². The highest BCUT2D eigenvalue weighted by Gasteiger charge is 2.26. The number of aromatic nitrogens is 1. The number of nitrogens with zero attached hydrogens (tertiary/aromatic N) is 3. The minimum absolute atomic E-state index is 0. The number of rotatable bonds is 12. The Bertz CT molecular complexity index is 1980. The van der Waals surface area contributed by atoms with Gasteiger partial charge in [-0.3, -0.25) is 24.0 Å². The lowest BCUT2D eigenvalue weighted by Crippen LogP contribution is -2.48. The first kappa shape index (κ1) is 41.3. The Morgan fingerprint density at radius 2 is 1.40 bits per heavy atom.